The molecule has 3 aromatic carbocycles. The first-order chi connectivity index (χ1) is 13.8. The number of nitrogens with zero attached hydrogens (tertiary/aromatic N) is 1. The summed E-state index contributed by atoms with van der Waals surface area (Å²) in [4.78, 5) is 2.61. The third-order valence-electron chi connectivity index (χ3n) is 6.47. The smallest absolute Gasteiger partial charge is 0.402 e. The summed E-state index contributed by atoms with van der Waals surface area (Å²) >= 11 is 0. The molecule has 2 nitrogen and oxygen atoms in total. The Kier molecular flexibility index (Phi) is 4.58. The molecule has 0 radical (unpaired) electrons. The van der Waals surface area contributed by atoms with E-state index >= 15 is 0 Å². The molecule has 0 N–H and O–H groups in total. The fourth-order valence-electron chi connectivity index (χ4n) is 5.23. The van der Waals surface area contributed by atoms with E-state index in [-0.39, 0.29) is 7.05 Å². The monoisotopic (exact) mass is 367 g/mol. The molecule has 0 aromatic heterocycles. The van der Waals surface area contributed by atoms with Crippen molar-refractivity contribution in [2.24, 2.45) is 0 Å². The molecule has 2 fully saturated rings. The van der Waals surface area contributed by atoms with Gasteiger partial charge in [-0.05, 0) is 48.0 Å². The van der Waals surface area contributed by atoms with Crippen molar-refractivity contribution in [2.45, 2.75) is 37.8 Å². The molecule has 2 aliphatic rings. The Bertz CT molecular complexity index is 904. The van der Waals surface area contributed by atoms with Crippen LogP contribution in [-0.2, 0) is 16.7 Å². The molecule has 5 rings (SSSR count). The molecule has 28 heavy (non-hydrogen) atoms. The van der Waals surface area contributed by atoms with Gasteiger partial charge in [-0.15, -0.1) is 0 Å². The minimum absolute atomic E-state index is 0.00376. The minimum Gasteiger partial charge on any atom is -0.402 e. The second-order valence-electron chi connectivity index (χ2n) is 7.89. The van der Waals surface area contributed by atoms with Crippen LogP contribution >= 0.6 is 0 Å². The molecular formula is C25H26BNO. The van der Waals surface area contributed by atoms with E-state index < -0.39 is 5.60 Å². The highest BCUT2D eigenvalue weighted by atomic mass is 16.5. The Morgan fingerprint density at radius 3 is 2.14 bits per heavy atom. The summed E-state index contributed by atoms with van der Waals surface area (Å²) in [7, 11) is 0.00376. The van der Waals surface area contributed by atoms with Crippen LogP contribution in [0.4, 0.5) is 0 Å². The minimum atomic E-state index is -0.426. The molecule has 3 aromatic rings. The van der Waals surface area contributed by atoms with Gasteiger partial charge in [0.05, 0.1) is 0 Å². The Hall–Kier alpha value is -2.36. The Labute approximate surface area is 168 Å². The summed E-state index contributed by atoms with van der Waals surface area (Å²) < 4.78 is 7.14. The zero-order chi connectivity index (χ0) is 19.0. The Morgan fingerprint density at radius 2 is 1.50 bits per heavy atom. The van der Waals surface area contributed by atoms with Crippen LogP contribution in [0.3, 0.4) is 0 Å². The molecule has 0 unspecified atom stereocenters. The van der Waals surface area contributed by atoms with E-state index in [0.717, 1.165) is 19.4 Å². The van der Waals surface area contributed by atoms with E-state index in [1.54, 1.807) is 0 Å². The second kappa shape index (κ2) is 7.23. The first-order valence-corrected chi connectivity index (χ1v) is 10.5. The van der Waals surface area contributed by atoms with Gasteiger partial charge in [0, 0.05) is 6.04 Å². The average Bonchev–Trinajstić information content (AvgIpc) is 3.37. The Balaban J connectivity index is 1.70. The van der Waals surface area contributed by atoms with E-state index in [9.17, 15) is 0 Å². The van der Waals surface area contributed by atoms with Crippen LogP contribution in [0.5, 0.6) is 0 Å². The second-order valence-corrected chi connectivity index (χ2v) is 7.89. The highest BCUT2D eigenvalue weighted by Crippen LogP contribution is 2.48. The lowest BCUT2D eigenvalue weighted by molar-refractivity contribution is 0.106. The molecule has 3 heteroatoms. The highest BCUT2D eigenvalue weighted by molar-refractivity contribution is 6.66. The lowest BCUT2D eigenvalue weighted by Gasteiger charge is -2.36. The molecule has 0 saturated carbocycles. The van der Waals surface area contributed by atoms with E-state index in [1.807, 2.05) is 0 Å². The lowest BCUT2D eigenvalue weighted by Crippen LogP contribution is -2.47. The standard InChI is InChI=1S/C25H26BNO/c1-2-20-12-9-10-17-23(20)26-27-19-11-18-24(27)25(28-26,21-13-5-3-6-14-21)22-15-7-4-8-16-22/h3-10,12-17,24H,2,11,18-19H2,1H3/t24-/m0/s1. The maximum absolute atomic E-state index is 7.14. The molecule has 0 amide bonds. The summed E-state index contributed by atoms with van der Waals surface area (Å²) in [6.07, 6.45) is 3.41. The van der Waals surface area contributed by atoms with Crippen LogP contribution in [0.1, 0.15) is 36.5 Å². The SMILES string of the molecule is CCc1ccccc1B1OC(c2ccccc2)(c2ccccc2)[C@@H]2CCCN12. The quantitative estimate of drug-likeness (QED) is 0.635. The van der Waals surface area contributed by atoms with Crippen molar-refractivity contribution in [3.63, 3.8) is 0 Å². The van der Waals surface area contributed by atoms with Gasteiger partial charge < -0.3 is 9.47 Å². The van der Waals surface area contributed by atoms with Crippen LogP contribution in [0, 0.1) is 0 Å². The molecule has 0 aliphatic carbocycles. The molecule has 2 aliphatic heterocycles. The topological polar surface area (TPSA) is 12.5 Å². The van der Waals surface area contributed by atoms with Gasteiger partial charge in [-0.3, -0.25) is 0 Å². The summed E-state index contributed by atoms with van der Waals surface area (Å²) in [6, 6.07) is 30.8. The first kappa shape index (κ1) is 17.7. The van der Waals surface area contributed by atoms with Gasteiger partial charge >= 0.3 is 7.05 Å². The van der Waals surface area contributed by atoms with Gasteiger partial charge in [0.15, 0.2) is 0 Å². The summed E-state index contributed by atoms with van der Waals surface area (Å²) in [5, 5.41) is 0. The molecule has 1 atom stereocenters. The molecule has 140 valence electrons. The van der Waals surface area contributed by atoms with Crippen molar-refractivity contribution in [3.05, 3.63) is 102 Å². The fraction of sp³-hybridized carbons (Fsp3) is 0.280. The van der Waals surface area contributed by atoms with E-state index in [1.165, 1.54) is 28.6 Å². The van der Waals surface area contributed by atoms with Gasteiger partial charge in [0.2, 0.25) is 0 Å². The zero-order valence-electron chi connectivity index (χ0n) is 16.4. The zero-order valence-corrected chi connectivity index (χ0v) is 16.4. The maximum atomic E-state index is 7.14. The van der Waals surface area contributed by atoms with Crippen molar-refractivity contribution < 1.29 is 4.65 Å². The average molecular weight is 367 g/mol. The first-order valence-electron chi connectivity index (χ1n) is 10.5. The van der Waals surface area contributed by atoms with Crippen molar-refractivity contribution in [1.82, 2.24) is 4.81 Å². The van der Waals surface area contributed by atoms with Crippen molar-refractivity contribution in [1.29, 1.82) is 0 Å². The third kappa shape index (κ3) is 2.65. The van der Waals surface area contributed by atoms with E-state index in [2.05, 4.69) is 96.7 Å². The molecular weight excluding hydrogens is 341 g/mol. The highest BCUT2D eigenvalue weighted by Gasteiger charge is 2.59. The molecule has 2 saturated heterocycles. The third-order valence-corrected chi connectivity index (χ3v) is 6.47. The van der Waals surface area contributed by atoms with Crippen LogP contribution in [-0.4, -0.2) is 24.4 Å². The van der Waals surface area contributed by atoms with Crippen molar-refractivity contribution in [2.75, 3.05) is 6.54 Å². The van der Waals surface area contributed by atoms with Gasteiger partial charge in [-0.2, -0.15) is 0 Å². The lowest BCUT2D eigenvalue weighted by atomic mass is 9.69. The largest absolute Gasteiger partial charge is 0.420 e. The van der Waals surface area contributed by atoms with Gasteiger partial charge in [0.25, 0.3) is 0 Å². The summed E-state index contributed by atoms with van der Waals surface area (Å²) in [5.41, 5.74) is 4.80. The molecule has 0 spiro atoms. The van der Waals surface area contributed by atoms with Crippen molar-refractivity contribution >= 4 is 12.5 Å². The van der Waals surface area contributed by atoms with E-state index in [4.69, 9.17) is 4.65 Å². The molecule has 2 heterocycles. The predicted molar refractivity (Wildman–Crippen MR) is 116 cm³/mol. The van der Waals surface area contributed by atoms with Crippen LogP contribution < -0.4 is 5.46 Å². The van der Waals surface area contributed by atoms with E-state index in [0.29, 0.717) is 6.04 Å². The van der Waals surface area contributed by atoms with Crippen molar-refractivity contribution in [3.8, 4) is 0 Å². The predicted octanol–water partition coefficient (Wildman–Crippen LogP) is 4.38. The number of hydrogen-bond donors (Lipinski definition) is 0. The van der Waals surface area contributed by atoms with Crippen LogP contribution in [0.15, 0.2) is 84.9 Å². The maximum Gasteiger partial charge on any atom is 0.420 e. The molecule has 0 bridgehead atoms. The number of aryl methyl sites for hydroxylation is 1. The number of fused-ring (bicyclic) bond motifs is 1. The summed E-state index contributed by atoms with van der Waals surface area (Å²) in [6.45, 7) is 3.33. The van der Waals surface area contributed by atoms with Crippen LogP contribution in [0.25, 0.3) is 0 Å². The normalized spacial score (nSPS) is 21.0. The Morgan fingerprint density at radius 1 is 0.893 bits per heavy atom. The van der Waals surface area contributed by atoms with Gasteiger partial charge in [-0.1, -0.05) is 91.9 Å². The van der Waals surface area contributed by atoms with Gasteiger partial charge in [-0.25, -0.2) is 0 Å². The van der Waals surface area contributed by atoms with Crippen LogP contribution in [0.2, 0.25) is 0 Å². The fourth-order valence-corrected chi connectivity index (χ4v) is 5.23. The number of benzene rings is 3. The van der Waals surface area contributed by atoms with Gasteiger partial charge in [0.1, 0.15) is 5.60 Å². The number of hydrogen-bond acceptors (Lipinski definition) is 2. The number of rotatable bonds is 4. The summed E-state index contributed by atoms with van der Waals surface area (Å²) in [5.74, 6) is 0.